The quantitative estimate of drug-likeness (QED) is 0.425. The van der Waals surface area contributed by atoms with Crippen molar-refractivity contribution in [2.24, 2.45) is 5.92 Å². The minimum atomic E-state index is -0.704. The van der Waals surface area contributed by atoms with Crippen LogP contribution in [0.15, 0.2) is 24.4 Å². The number of carbonyl (C=O) groups is 2. The summed E-state index contributed by atoms with van der Waals surface area (Å²) in [5.41, 5.74) is 3.89. The Labute approximate surface area is 203 Å². The van der Waals surface area contributed by atoms with Gasteiger partial charge in [-0.1, -0.05) is 58.1 Å². The molecule has 0 spiro atoms. The van der Waals surface area contributed by atoms with Crippen LogP contribution in [0.3, 0.4) is 0 Å². The van der Waals surface area contributed by atoms with Crippen LogP contribution in [0.2, 0.25) is 0 Å². The third kappa shape index (κ3) is 5.37. The highest BCUT2D eigenvalue weighted by Crippen LogP contribution is 2.41. The highest BCUT2D eigenvalue weighted by molar-refractivity contribution is 5.93. The van der Waals surface area contributed by atoms with Gasteiger partial charge < -0.3 is 15.0 Å². The first-order valence-electron chi connectivity index (χ1n) is 13.3. The molecule has 1 fully saturated rings. The van der Waals surface area contributed by atoms with Crippen LogP contribution in [0.5, 0.6) is 0 Å². The molecule has 0 radical (unpaired) electrons. The minimum absolute atomic E-state index is 0.0733. The lowest BCUT2D eigenvalue weighted by atomic mass is 9.85. The van der Waals surface area contributed by atoms with E-state index in [-0.39, 0.29) is 23.8 Å². The van der Waals surface area contributed by atoms with Crippen LogP contribution in [0.1, 0.15) is 106 Å². The van der Waals surface area contributed by atoms with Gasteiger partial charge in [-0.15, -0.1) is 0 Å². The number of hydrogen-bond donors (Lipinski definition) is 2. The maximum atomic E-state index is 13.0. The van der Waals surface area contributed by atoms with Gasteiger partial charge in [-0.05, 0) is 61.6 Å². The topological polar surface area (TPSA) is 84.2 Å². The summed E-state index contributed by atoms with van der Waals surface area (Å²) < 4.78 is 2.13. The average Bonchev–Trinajstić information content (AvgIpc) is 3.45. The van der Waals surface area contributed by atoms with E-state index in [0.29, 0.717) is 12.1 Å². The van der Waals surface area contributed by atoms with Crippen LogP contribution < -0.4 is 5.32 Å². The van der Waals surface area contributed by atoms with Crippen molar-refractivity contribution in [3.63, 3.8) is 0 Å². The van der Waals surface area contributed by atoms with Gasteiger partial charge in [-0.3, -0.25) is 9.59 Å². The highest BCUT2D eigenvalue weighted by Gasteiger charge is 2.33. The second-order valence-electron chi connectivity index (χ2n) is 10.1. The summed E-state index contributed by atoms with van der Waals surface area (Å²) in [5.74, 6) is -0.201. The molecule has 2 N–H and O–H groups in total. The molecule has 0 aliphatic heterocycles. The van der Waals surface area contributed by atoms with Crippen molar-refractivity contribution in [3.8, 4) is 11.4 Å². The van der Waals surface area contributed by atoms with Crippen molar-refractivity contribution in [2.45, 2.75) is 103 Å². The number of fused-ring (bicyclic) bond motifs is 1. The summed E-state index contributed by atoms with van der Waals surface area (Å²) >= 11 is 0. The maximum Gasteiger partial charge on any atom is 0.307 e. The lowest BCUT2D eigenvalue weighted by molar-refractivity contribution is -0.142. The summed E-state index contributed by atoms with van der Waals surface area (Å²) in [4.78, 5) is 29.5. The van der Waals surface area contributed by atoms with Crippen LogP contribution >= 0.6 is 0 Å². The van der Waals surface area contributed by atoms with Crippen LogP contribution in [0.25, 0.3) is 11.4 Å². The molecule has 0 bridgehead atoms. The first-order valence-corrected chi connectivity index (χ1v) is 13.3. The molecule has 1 amide bonds. The number of imidazole rings is 1. The van der Waals surface area contributed by atoms with Crippen molar-refractivity contribution >= 4 is 11.9 Å². The normalized spacial score (nSPS) is 19.1. The molecule has 0 saturated heterocycles. The number of unbranched alkanes of at least 4 members (excludes halogenated alkanes) is 2. The van der Waals surface area contributed by atoms with Crippen molar-refractivity contribution in [2.75, 3.05) is 0 Å². The molecule has 1 aromatic heterocycles. The van der Waals surface area contributed by atoms with E-state index in [1.54, 1.807) is 0 Å². The predicted octanol–water partition coefficient (Wildman–Crippen LogP) is 5.94. The van der Waals surface area contributed by atoms with Crippen LogP contribution in [0.4, 0.5) is 0 Å². The third-order valence-electron chi connectivity index (χ3n) is 7.72. The number of carboxylic acid groups (broad SMARTS) is 1. The number of carboxylic acids is 1. The van der Waals surface area contributed by atoms with Gasteiger partial charge in [0.05, 0.1) is 5.92 Å². The first kappa shape index (κ1) is 24.5. The fourth-order valence-corrected chi connectivity index (χ4v) is 5.80. The molecule has 4 rings (SSSR count). The molecule has 1 saturated carbocycles. The number of benzene rings is 1. The van der Waals surface area contributed by atoms with E-state index in [4.69, 9.17) is 4.98 Å². The van der Waals surface area contributed by atoms with Gasteiger partial charge in [-0.2, -0.15) is 0 Å². The molecule has 2 aliphatic rings. The van der Waals surface area contributed by atoms with E-state index in [1.165, 1.54) is 24.8 Å². The summed E-state index contributed by atoms with van der Waals surface area (Å²) in [5, 5.41) is 12.9. The molecule has 2 atom stereocenters. The monoisotopic (exact) mass is 465 g/mol. The van der Waals surface area contributed by atoms with Gasteiger partial charge in [0.2, 0.25) is 0 Å². The number of carbonyl (C=O) groups excluding carboxylic acids is 1. The first-order chi connectivity index (χ1) is 16.5. The number of aryl methyl sites for hydroxylation is 2. The van der Waals surface area contributed by atoms with Crippen LogP contribution in [-0.2, 0) is 17.8 Å². The van der Waals surface area contributed by atoms with Crippen molar-refractivity contribution < 1.29 is 14.7 Å². The molecule has 2 aromatic rings. The van der Waals surface area contributed by atoms with Crippen LogP contribution in [0, 0.1) is 5.92 Å². The zero-order chi connectivity index (χ0) is 24.1. The van der Waals surface area contributed by atoms with E-state index >= 15 is 0 Å². The van der Waals surface area contributed by atoms with E-state index in [2.05, 4.69) is 35.0 Å². The highest BCUT2D eigenvalue weighted by atomic mass is 16.4. The number of aromatic nitrogens is 2. The van der Waals surface area contributed by atoms with E-state index in [9.17, 15) is 14.7 Å². The SMILES string of the molecule is CCCCCn1cc(C(=O)NC2CCCCC2)nc1-c1ccc2c(c1)CCC2C(CC)C(=O)O. The van der Waals surface area contributed by atoms with Gasteiger partial charge >= 0.3 is 5.97 Å². The summed E-state index contributed by atoms with van der Waals surface area (Å²) in [7, 11) is 0. The van der Waals surface area contributed by atoms with Crippen molar-refractivity contribution in [3.05, 3.63) is 41.2 Å². The van der Waals surface area contributed by atoms with Crippen molar-refractivity contribution in [1.82, 2.24) is 14.9 Å². The van der Waals surface area contributed by atoms with Gasteiger partial charge in [0.25, 0.3) is 5.91 Å². The molecule has 2 aliphatic carbocycles. The van der Waals surface area contributed by atoms with E-state index < -0.39 is 5.97 Å². The molecule has 6 nitrogen and oxygen atoms in total. The standard InChI is InChI=1S/C28H39N3O3/c1-3-5-9-16-31-18-25(27(32)29-21-10-7-6-8-11-21)30-26(31)20-13-14-23-19(17-20)12-15-24(23)22(4-2)28(33)34/h13-14,17-18,21-22,24H,3-12,15-16H2,1-2H3,(H,29,32)(H,33,34). The summed E-state index contributed by atoms with van der Waals surface area (Å²) in [6.07, 6.45) is 13.4. The Morgan fingerprint density at radius 3 is 2.65 bits per heavy atom. The number of nitrogens with one attached hydrogen (secondary N) is 1. The lowest BCUT2D eigenvalue weighted by Gasteiger charge is -2.22. The van der Waals surface area contributed by atoms with Gasteiger partial charge in [0.15, 0.2) is 0 Å². The maximum absolute atomic E-state index is 13.0. The largest absolute Gasteiger partial charge is 0.481 e. The summed E-state index contributed by atoms with van der Waals surface area (Å²) in [6.45, 7) is 4.98. The molecule has 184 valence electrons. The van der Waals surface area contributed by atoms with E-state index in [0.717, 1.165) is 68.4 Å². The lowest BCUT2D eigenvalue weighted by Crippen LogP contribution is -2.36. The third-order valence-corrected chi connectivity index (χ3v) is 7.72. The molecular weight excluding hydrogens is 426 g/mol. The Kier molecular flexibility index (Phi) is 8.07. The molecule has 34 heavy (non-hydrogen) atoms. The zero-order valence-corrected chi connectivity index (χ0v) is 20.7. The van der Waals surface area contributed by atoms with E-state index in [1.807, 2.05) is 13.1 Å². The Morgan fingerprint density at radius 2 is 1.94 bits per heavy atom. The number of nitrogens with zero attached hydrogens (tertiary/aromatic N) is 2. The second kappa shape index (κ2) is 11.2. The number of amides is 1. The second-order valence-corrected chi connectivity index (χ2v) is 10.1. The van der Waals surface area contributed by atoms with Crippen LogP contribution in [-0.4, -0.2) is 32.6 Å². The zero-order valence-electron chi connectivity index (χ0n) is 20.7. The number of rotatable bonds is 10. The van der Waals surface area contributed by atoms with Gasteiger partial charge in [-0.25, -0.2) is 4.98 Å². The Morgan fingerprint density at radius 1 is 1.15 bits per heavy atom. The Hall–Kier alpha value is -2.63. The minimum Gasteiger partial charge on any atom is -0.481 e. The summed E-state index contributed by atoms with van der Waals surface area (Å²) in [6, 6.07) is 6.59. The molecule has 6 heteroatoms. The predicted molar refractivity (Wildman–Crippen MR) is 134 cm³/mol. The fraction of sp³-hybridized carbons (Fsp3) is 0.607. The Bertz CT molecular complexity index is 1010. The number of aliphatic carboxylic acids is 1. The van der Waals surface area contributed by atoms with Crippen molar-refractivity contribution in [1.29, 1.82) is 0 Å². The molecule has 2 unspecified atom stereocenters. The molecule has 1 heterocycles. The average molecular weight is 466 g/mol. The molecule has 1 aromatic carbocycles. The molecular formula is C28H39N3O3. The fourth-order valence-electron chi connectivity index (χ4n) is 5.80. The number of hydrogen-bond acceptors (Lipinski definition) is 3. The van der Waals surface area contributed by atoms with Gasteiger partial charge in [0.1, 0.15) is 11.5 Å². The smallest absolute Gasteiger partial charge is 0.307 e. The van der Waals surface area contributed by atoms with Gasteiger partial charge in [0, 0.05) is 24.3 Å². The Balaban J connectivity index is 1.59.